The smallest absolute Gasteiger partial charge is 0.276 e. The zero-order valence-corrected chi connectivity index (χ0v) is 20.3. The molecule has 4 rings (SSSR count). The molecule has 2 saturated heterocycles. The number of hydrogen-bond acceptors (Lipinski definition) is 10. The Morgan fingerprint density at radius 3 is 2.62 bits per heavy atom. The fraction of sp³-hybridized carbons (Fsp3) is 0.526. The molecular weight excluding hydrogens is 488 g/mol. The van der Waals surface area contributed by atoms with Crippen LogP contribution in [0.4, 0.5) is 5.13 Å². The predicted molar refractivity (Wildman–Crippen MR) is 124 cm³/mol. The lowest BCUT2D eigenvalue weighted by Gasteiger charge is -2.51. The van der Waals surface area contributed by atoms with Crippen LogP contribution in [0.3, 0.4) is 0 Å². The Kier molecular flexibility index (Phi) is 8.65. The van der Waals surface area contributed by atoms with Gasteiger partial charge in [0.25, 0.3) is 11.8 Å². The topological polar surface area (TPSA) is 213 Å². The highest BCUT2D eigenvalue weighted by Gasteiger charge is 2.53. The van der Waals surface area contributed by atoms with E-state index in [9.17, 15) is 19.5 Å². The molecule has 0 spiro atoms. The molecular formula is C19H28N6O7S2. The van der Waals surface area contributed by atoms with Crippen LogP contribution in [-0.4, -0.2) is 99.8 Å². The summed E-state index contributed by atoms with van der Waals surface area (Å²) in [4.78, 5) is 47.7. The van der Waals surface area contributed by atoms with Gasteiger partial charge in [-0.1, -0.05) is 5.16 Å². The van der Waals surface area contributed by atoms with Gasteiger partial charge in [-0.2, -0.15) is 0 Å². The summed E-state index contributed by atoms with van der Waals surface area (Å²) in [6.45, 7) is 2.53. The number of likely N-dealkylation sites (N-methyl/N-ethyl adjacent to an activating group) is 1. The van der Waals surface area contributed by atoms with Crippen LogP contribution < -0.4 is 16.2 Å². The number of hydrogen-bond donors (Lipinski definition) is 2. The number of nitrogen functional groups attached to an aromatic ring is 1. The SMILES string of the molecule is CON=C(C(=O)N[C@@H]1C(=O)N2C(C(=O)[O-])=C(C[N+]3(C)CCCC3)CS[C@H]12)c1csc(N)n1.O.O. The Morgan fingerprint density at radius 2 is 2.06 bits per heavy atom. The highest BCUT2D eigenvalue weighted by molar-refractivity contribution is 8.00. The van der Waals surface area contributed by atoms with E-state index in [1.807, 2.05) is 0 Å². The number of nitrogens with two attached hydrogens (primary N) is 1. The number of carbonyl (C=O) groups excluding carboxylic acids is 3. The summed E-state index contributed by atoms with van der Waals surface area (Å²) in [5.74, 6) is -2.06. The van der Waals surface area contributed by atoms with Gasteiger partial charge >= 0.3 is 0 Å². The number of carboxylic acid groups (broad SMARTS) is 1. The maximum Gasteiger partial charge on any atom is 0.276 e. The molecule has 3 aliphatic rings. The molecule has 4 heterocycles. The van der Waals surface area contributed by atoms with Crippen molar-refractivity contribution in [3.63, 3.8) is 0 Å². The molecule has 0 aliphatic carbocycles. The van der Waals surface area contributed by atoms with Crippen molar-refractivity contribution < 1.29 is 39.8 Å². The first-order valence-electron chi connectivity index (χ1n) is 10.1. The van der Waals surface area contributed by atoms with Crippen LogP contribution in [-0.2, 0) is 19.2 Å². The average molecular weight is 517 g/mol. The van der Waals surface area contributed by atoms with Crippen LogP contribution in [0.15, 0.2) is 21.8 Å². The zero-order chi connectivity index (χ0) is 23.0. The lowest BCUT2D eigenvalue weighted by atomic mass is 10.0. The van der Waals surface area contributed by atoms with Gasteiger partial charge in [0, 0.05) is 29.5 Å². The average Bonchev–Trinajstić information content (AvgIpc) is 3.37. The molecule has 7 N–H and O–H groups in total. The fourth-order valence-corrected chi connectivity index (χ4v) is 6.30. The standard InChI is InChI=1S/C19H24N6O5S2.2H2O/c1-25(5-3-4-6-25)7-10-8-31-17-13(16(27)24(17)14(10)18(28)29)22-15(26)12(23-30-2)11-9-32-19(20)21-11;;/h9,13,17H,3-8H2,1-2H3,(H3-,20,21,22,26,28,29);2*1H2/t13-,17-;;/m1../s1. The Labute approximate surface area is 203 Å². The van der Waals surface area contributed by atoms with Gasteiger partial charge in [0.05, 0.1) is 31.8 Å². The normalized spacial score (nSPS) is 23.3. The minimum absolute atomic E-state index is 0. The van der Waals surface area contributed by atoms with E-state index in [1.165, 1.54) is 23.8 Å². The van der Waals surface area contributed by atoms with Crippen molar-refractivity contribution in [2.45, 2.75) is 24.3 Å². The summed E-state index contributed by atoms with van der Waals surface area (Å²) in [5.41, 5.74) is 6.39. The van der Waals surface area contributed by atoms with E-state index in [0.29, 0.717) is 17.9 Å². The van der Waals surface area contributed by atoms with Gasteiger partial charge < -0.3 is 41.2 Å². The number of nitrogens with zero attached hydrogens (tertiary/aromatic N) is 4. The first kappa shape index (κ1) is 27.5. The van der Waals surface area contributed by atoms with Crippen molar-refractivity contribution in [1.82, 2.24) is 15.2 Å². The van der Waals surface area contributed by atoms with Gasteiger partial charge in [-0.05, 0) is 0 Å². The second-order valence-electron chi connectivity index (χ2n) is 8.23. The minimum atomic E-state index is -1.37. The number of likely N-dealkylation sites (tertiary alicyclic amines) is 1. The largest absolute Gasteiger partial charge is 0.543 e. The molecule has 2 amide bonds. The monoisotopic (exact) mass is 516 g/mol. The van der Waals surface area contributed by atoms with Crippen LogP contribution in [0.2, 0.25) is 0 Å². The Bertz CT molecular complexity index is 1020. The molecule has 34 heavy (non-hydrogen) atoms. The number of thiazole rings is 1. The zero-order valence-electron chi connectivity index (χ0n) is 18.7. The molecule has 13 nitrogen and oxygen atoms in total. The Balaban J connectivity index is 0.00000204. The number of anilines is 1. The number of aromatic nitrogens is 1. The van der Waals surface area contributed by atoms with Gasteiger partial charge in [0.2, 0.25) is 0 Å². The van der Waals surface area contributed by atoms with E-state index >= 15 is 0 Å². The van der Waals surface area contributed by atoms with E-state index in [0.717, 1.165) is 41.8 Å². The predicted octanol–water partition coefficient (Wildman–Crippen LogP) is -2.93. The van der Waals surface area contributed by atoms with E-state index in [2.05, 4.69) is 22.5 Å². The fourth-order valence-electron chi connectivity index (χ4n) is 4.41. The van der Waals surface area contributed by atoms with Crippen LogP contribution in [0.25, 0.3) is 0 Å². The highest BCUT2D eigenvalue weighted by Crippen LogP contribution is 2.41. The molecule has 0 bridgehead atoms. The van der Waals surface area contributed by atoms with Crippen LogP contribution in [0.5, 0.6) is 0 Å². The summed E-state index contributed by atoms with van der Waals surface area (Å²) < 4.78 is 0.757. The van der Waals surface area contributed by atoms with Crippen molar-refractivity contribution in [2.24, 2.45) is 5.16 Å². The molecule has 188 valence electrons. The summed E-state index contributed by atoms with van der Waals surface area (Å²) >= 11 is 2.57. The lowest BCUT2D eigenvalue weighted by Crippen LogP contribution is -2.71. The second-order valence-corrected chi connectivity index (χ2v) is 10.2. The third-order valence-corrected chi connectivity index (χ3v) is 7.92. The molecule has 2 fully saturated rings. The Hall–Kier alpha value is -2.72. The molecule has 0 radical (unpaired) electrons. The van der Waals surface area contributed by atoms with Crippen molar-refractivity contribution in [3.05, 3.63) is 22.3 Å². The molecule has 0 unspecified atom stereocenters. The van der Waals surface area contributed by atoms with Gasteiger partial charge in [0.1, 0.15) is 30.8 Å². The number of thioether (sulfide) groups is 1. The van der Waals surface area contributed by atoms with E-state index in [1.54, 1.807) is 5.38 Å². The molecule has 15 heteroatoms. The summed E-state index contributed by atoms with van der Waals surface area (Å²) in [5, 5.41) is 19.6. The molecule has 2 atom stereocenters. The molecule has 0 aromatic carbocycles. The first-order chi connectivity index (χ1) is 15.2. The third kappa shape index (κ3) is 5.02. The number of fused-ring (bicyclic) bond motifs is 1. The number of carbonyl (C=O) groups is 3. The number of β-lactam (4-membered cyclic amide) rings is 1. The van der Waals surface area contributed by atoms with Gasteiger partial charge in [-0.15, -0.1) is 23.1 Å². The minimum Gasteiger partial charge on any atom is -0.543 e. The van der Waals surface area contributed by atoms with Gasteiger partial charge in [-0.3, -0.25) is 14.5 Å². The molecule has 1 aromatic rings. The number of carboxylic acids is 1. The van der Waals surface area contributed by atoms with Crippen LogP contribution >= 0.6 is 23.1 Å². The number of nitrogens with one attached hydrogen (secondary N) is 1. The maximum atomic E-state index is 12.9. The van der Waals surface area contributed by atoms with E-state index < -0.39 is 29.2 Å². The number of aliphatic carboxylic acids is 1. The number of quaternary nitrogens is 1. The number of amides is 2. The first-order valence-corrected chi connectivity index (χ1v) is 12.0. The van der Waals surface area contributed by atoms with Crippen molar-refractivity contribution in [1.29, 1.82) is 0 Å². The van der Waals surface area contributed by atoms with Crippen molar-refractivity contribution in [2.75, 3.05) is 45.3 Å². The summed E-state index contributed by atoms with van der Waals surface area (Å²) in [6.07, 6.45) is 2.21. The van der Waals surface area contributed by atoms with E-state index in [-0.39, 0.29) is 33.2 Å². The molecule has 1 aromatic heterocycles. The second kappa shape index (κ2) is 10.7. The van der Waals surface area contributed by atoms with Gasteiger partial charge in [0.15, 0.2) is 10.8 Å². The molecule has 3 aliphatic heterocycles. The number of rotatable bonds is 7. The maximum absolute atomic E-state index is 12.9. The third-order valence-electron chi connectivity index (χ3n) is 5.91. The van der Waals surface area contributed by atoms with Crippen LogP contribution in [0, 0.1) is 0 Å². The Morgan fingerprint density at radius 1 is 1.38 bits per heavy atom. The van der Waals surface area contributed by atoms with Crippen LogP contribution in [0.1, 0.15) is 18.5 Å². The summed E-state index contributed by atoms with van der Waals surface area (Å²) in [7, 11) is 3.39. The quantitative estimate of drug-likeness (QED) is 0.165. The van der Waals surface area contributed by atoms with E-state index in [4.69, 9.17) is 10.6 Å². The molecule has 0 saturated carbocycles. The highest BCUT2D eigenvalue weighted by atomic mass is 32.2. The van der Waals surface area contributed by atoms with Gasteiger partial charge in [-0.25, -0.2) is 4.98 Å². The lowest BCUT2D eigenvalue weighted by molar-refractivity contribution is -0.893. The summed E-state index contributed by atoms with van der Waals surface area (Å²) in [6, 6.07) is -0.891. The van der Waals surface area contributed by atoms with Crippen molar-refractivity contribution in [3.8, 4) is 0 Å². The van der Waals surface area contributed by atoms with Crippen molar-refractivity contribution >= 4 is 51.7 Å². The number of oxime groups is 1.